The van der Waals surface area contributed by atoms with Crippen LogP contribution in [0.25, 0.3) is 0 Å². The van der Waals surface area contributed by atoms with E-state index >= 15 is 0 Å². The molecule has 28 heavy (non-hydrogen) atoms. The van der Waals surface area contributed by atoms with Crippen molar-refractivity contribution in [2.75, 3.05) is 31.5 Å². The van der Waals surface area contributed by atoms with E-state index in [0.29, 0.717) is 45.4 Å². The van der Waals surface area contributed by atoms with E-state index in [2.05, 4.69) is 5.32 Å². The summed E-state index contributed by atoms with van der Waals surface area (Å²) >= 11 is 0. The van der Waals surface area contributed by atoms with Gasteiger partial charge in [-0.05, 0) is 44.2 Å². The van der Waals surface area contributed by atoms with Gasteiger partial charge in [0.05, 0.1) is 0 Å². The first-order chi connectivity index (χ1) is 13.6. The molecule has 1 N–H and O–H groups in total. The molecule has 0 unspecified atom stereocenters. The Bertz CT molecular complexity index is 676. The molecule has 0 aliphatic carbocycles. The molecule has 0 aromatic heterocycles. The molecule has 2 saturated heterocycles. The fraction of sp³-hybridized carbons (Fsp3) is 0.591. The molecule has 2 fully saturated rings. The summed E-state index contributed by atoms with van der Waals surface area (Å²) in [5.74, 6) is 0.419. The van der Waals surface area contributed by atoms with Crippen LogP contribution in [0.15, 0.2) is 30.3 Å². The van der Waals surface area contributed by atoms with Gasteiger partial charge in [0, 0.05) is 50.1 Å². The Labute approximate surface area is 167 Å². The number of nitrogens with zero attached hydrogens (tertiary/aromatic N) is 2. The smallest absolute Gasteiger partial charge is 0.227 e. The fourth-order valence-electron chi connectivity index (χ4n) is 4.13. The summed E-state index contributed by atoms with van der Waals surface area (Å²) in [6.45, 7) is 4.66. The van der Waals surface area contributed by atoms with Gasteiger partial charge < -0.3 is 15.1 Å². The maximum Gasteiger partial charge on any atom is 0.227 e. The van der Waals surface area contributed by atoms with Crippen LogP contribution in [0.2, 0.25) is 0 Å². The predicted octanol–water partition coefficient (Wildman–Crippen LogP) is 2.90. The summed E-state index contributed by atoms with van der Waals surface area (Å²) < 4.78 is 0. The van der Waals surface area contributed by atoms with Crippen LogP contribution < -0.4 is 5.32 Å². The number of nitrogens with one attached hydrogen (secondary N) is 1. The van der Waals surface area contributed by atoms with Gasteiger partial charge in [-0.3, -0.25) is 14.4 Å². The van der Waals surface area contributed by atoms with E-state index in [1.165, 1.54) is 0 Å². The van der Waals surface area contributed by atoms with E-state index < -0.39 is 0 Å². The van der Waals surface area contributed by atoms with Crippen molar-refractivity contribution >= 4 is 23.4 Å². The minimum absolute atomic E-state index is 0.0142. The van der Waals surface area contributed by atoms with E-state index in [9.17, 15) is 14.4 Å². The minimum atomic E-state index is -0.0437. The van der Waals surface area contributed by atoms with Crippen molar-refractivity contribution in [3.8, 4) is 0 Å². The van der Waals surface area contributed by atoms with Crippen LogP contribution in [0.5, 0.6) is 0 Å². The summed E-state index contributed by atoms with van der Waals surface area (Å²) in [5.41, 5.74) is 0.815. The molecule has 3 amide bonds. The molecule has 3 rings (SSSR count). The summed E-state index contributed by atoms with van der Waals surface area (Å²) in [7, 11) is 0. The van der Waals surface area contributed by atoms with Crippen molar-refractivity contribution in [3.05, 3.63) is 30.3 Å². The highest BCUT2D eigenvalue weighted by Gasteiger charge is 2.33. The molecule has 2 aliphatic rings. The summed E-state index contributed by atoms with van der Waals surface area (Å²) in [6, 6.07) is 9.49. The highest BCUT2D eigenvalue weighted by atomic mass is 16.2. The lowest BCUT2D eigenvalue weighted by molar-refractivity contribution is -0.142. The standard InChI is InChI=1S/C22H31N3O3/c1-2-6-20(26)24-13-11-18(12-14-24)22(28)25-15-9-17(10-16-25)21(27)23-19-7-4-3-5-8-19/h3-5,7-8,17-18H,2,6,9-16H2,1H3,(H,23,27). The number of rotatable bonds is 5. The third-order valence-electron chi connectivity index (χ3n) is 5.88. The minimum Gasteiger partial charge on any atom is -0.343 e. The third kappa shape index (κ3) is 5.12. The molecule has 1 aromatic carbocycles. The Morgan fingerprint density at radius 1 is 0.893 bits per heavy atom. The maximum atomic E-state index is 12.8. The average Bonchev–Trinajstić information content (AvgIpc) is 2.74. The lowest BCUT2D eigenvalue weighted by atomic mass is 9.91. The van der Waals surface area contributed by atoms with E-state index in [1.54, 1.807) is 0 Å². The van der Waals surface area contributed by atoms with Crippen LogP contribution >= 0.6 is 0 Å². The number of para-hydroxylation sites is 1. The van der Waals surface area contributed by atoms with Crippen LogP contribution in [-0.2, 0) is 14.4 Å². The van der Waals surface area contributed by atoms with Gasteiger partial charge in [-0.2, -0.15) is 0 Å². The Morgan fingerprint density at radius 2 is 1.46 bits per heavy atom. The molecule has 2 aliphatic heterocycles. The fourth-order valence-corrected chi connectivity index (χ4v) is 4.13. The number of benzene rings is 1. The van der Waals surface area contributed by atoms with Crippen molar-refractivity contribution in [3.63, 3.8) is 0 Å². The molecule has 0 spiro atoms. The number of piperidine rings is 2. The quantitative estimate of drug-likeness (QED) is 0.847. The molecular formula is C22H31N3O3. The van der Waals surface area contributed by atoms with Gasteiger partial charge in [-0.1, -0.05) is 25.1 Å². The molecule has 0 radical (unpaired) electrons. The first kappa shape index (κ1) is 20.4. The van der Waals surface area contributed by atoms with Crippen LogP contribution in [-0.4, -0.2) is 53.7 Å². The highest BCUT2D eigenvalue weighted by molar-refractivity contribution is 5.92. The molecule has 0 atom stereocenters. The number of hydrogen-bond acceptors (Lipinski definition) is 3. The SMILES string of the molecule is CCCC(=O)N1CCC(C(=O)N2CCC(C(=O)Nc3ccccc3)CC2)CC1. The highest BCUT2D eigenvalue weighted by Crippen LogP contribution is 2.25. The van der Waals surface area contributed by atoms with Gasteiger partial charge in [-0.15, -0.1) is 0 Å². The second kappa shape index (κ2) is 9.71. The van der Waals surface area contributed by atoms with E-state index in [1.807, 2.05) is 47.1 Å². The molecule has 1 aromatic rings. The number of carbonyl (C=O) groups excluding carboxylic acids is 3. The van der Waals surface area contributed by atoms with E-state index in [0.717, 1.165) is 24.9 Å². The van der Waals surface area contributed by atoms with Crippen molar-refractivity contribution < 1.29 is 14.4 Å². The zero-order valence-electron chi connectivity index (χ0n) is 16.7. The van der Waals surface area contributed by atoms with Gasteiger partial charge >= 0.3 is 0 Å². The van der Waals surface area contributed by atoms with E-state index in [4.69, 9.17) is 0 Å². The van der Waals surface area contributed by atoms with Crippen molar-refractivity contribution in [1.82, 2.24) is 9.80 Å². The van der Waals surface area contributed by atoms with Crippen LogP contribution in [0.1, 0.15) is 45.4 Å². The number of likely N-dealkylation sites (tertiary alicyclic amines) is 2. The summed E-state index contributed by atoms with van der Waals surface area (Å²) in [5, 5.41) is 2.96. The van der Waals surface area contributed by atoms with Gasteiger partial charge in [-0.25, -0.2) is 0 Å². The number of hydrogen-bond donors (Lipinski definition) is 1. The van der Waals surface area contributed by atoms with Crippen LogP contribution in [0.3, 0.4) is 0 Å². The first-order valence-corrected chi connectivity index (χ1v) is 10.5. The third-order valence-corrected chi connectivity index (χ3v) is 5.88. The monoisotopic (exact) mass is 385 g/mol. The Kier molecular flexibility index (Phi) is 7.06. The number of amides is 3. The number of carbonyl (C=O) groups is 3. The molecule has 0 saturated carbocycles. The second-order valence-electron chi connectivity index (χ2n) is 7.86. The Balaban J connectivity index is 1.43. The van der Waals surface area contributed by atoms with Crippen LogP contribution in [0, 0.1) is 11.8 Å². The maximum absolute atomic E-state index is 12.8. The van der Waals surface area contributed by atoms with Crippen molar-refractivity contribution in [2.24, 2.45) is 11.8 Å². The second-order valence-corrected chi connectivity index (χ2v) is 7.86. The molecular weight excluding hydrogens is 354 g/mol. The topological polar surface area (TPSA) is 69.7 Å². The van der Waals surface area contributed by atoms with E-state index in [-0.39, 0.29) is 29.6 Å². The molecule has 152 valence electrons. The van der Waals surface area contributed by atoms with Gasteiger partial charge in [0.1, 0.15) is 0 Å². The zero-order chi connectivity index (χ0) is 19.9. The predicted molar refractivity (Wildman–Crippen MR) is 109 cm³/mol. The van der Waals surface area contributed by atoms with Crippen molar-refractivity contribution in [2.45, 2.75) is 45.4 Å². The first-order valence-electron chi connectivity index (χ1n) is 10.5. The summed E-state index contributed by atoms with van der Waals surface area (Å²) in [6.07, 6.45) is 4.38. The lowest BCUT2D eigenvalue weighted by Crippen LogP contribution is -2.47. The van der Waals surface area contributed by atoms with Gasteiger partial charge in [0.2, 0.25) is 17.7 Å². The van der Waals surface area contributed by atoms with Crippen molar-refractivity contribution in [1.29, 1.82) is 0 Å². The molecule has 0 bridgehead atoms. The van der Waals surface area contributed by atoms with Gasteiger partial charge in [0.25, 0.3) is 0 Å². The molecule has 6 heteroatoms. The molecule has 2 heterocycles. The average molecular weight is 386 g/mol. The number of anilines is 1. The largest absolute Gasteiger partial charge is 0.343 e. The Morgan fingerprint density at radius 3 is 2.07 bits per heavy atom. The zero-order valence-corrected chi connectivity index (χ0v) is 16.7. The molecule has 6 nitrogen and oxygen atoms in total. The van der Waals surface area contributed by atoms with Gasteiger partial charge in [0.15, 0.2) is 0 Å². The van der Waals surface area contributed by atoms with Crippen LogP contribution in [0.4, 0.5) is 5.69 Å². The Hall–Kier alpha value is -2.37. The lowest BCUT2D eigenvalue weighted by Gasteiger charge is -2.37. The summed E-state index contributed by atoms with van der Waals surface area (Å²) in [4.78, 5) is 41.1. The normalized spacial score (nSPS) is 18.8.